The second kappa shape index (κ2) is 7.13. The van der Waals surface area contributed by atoms with Crippen molar-refractivity contribution in [2.75, 3.05) is 27.3 Å². The van der Waals surface area contributed by atoms with Gasteiger partial charge in [-0.25, -0.2) is 0 Å². The lowest BCUT2D eigenvalue weighted by Gasteiger charge is -2.34. The Labute approximate surface area is 128 Å². The quantitative estimate of drug-likeness (QED) is 0.795. The van der Waals surface area contributed by atoms with E-state index < -0.39 is 12.0 Å². The number of ether oxygens (including phenoxy) is 2. The Balaban J connectivity index is 2.19. The molecule has 1 aromatic rings. The van der Waals surface area contributed by atoms with E-state index in [9.17, 15) is 9.59 Å². The molecule has 1 amide bonds. The lowest BCUT2D eigenvalue weighted by molar-refractivity contribution is -0.143. The van der Waals surface area contributed by atoms with Crippen molar-refractivity contribution in [1.82, 2.24) is 10.2 Å². The molecule has 1 aliphatic rings. The molecule has 2 rings (SSSR count). The molecule has 7 heteroatoms. The van der Waals surface area contributed by atoms with Crippen molar-refractivity contribution < 1.29 is 24.2 Å². The number of aliphatic carboxylic acids is 1. The first kappa shape index (κ1) is 16.1. The standard InChI is InChI=1S/C15H20N2O5/c1-21-11-4-3-10(13(7-11)22-2)9-17-6-5-16-15(20)12(17)8-14(18)19/h3-4,7,12H,5-6,8-9H2,1-2H3,(H,16,20)(H,18,19)/t12-/m0/s1. The van der Waals surface area contributed by atoms with Crippen molar-refractivity contribution in [1.29, 1.82) is 0 Å². The maximum Gasteiger partial charge on any atom is 0.305 e. The van der Waals surface area contributed by atoms with E-state index in [1.54, 1.807) is 20.3 Å². The van der Waals surface area contributed by atoms with E-state index in [0.717, 1.165) is 5.56 Å². The minimum Gasteiger partial charge on any atom is -0.497 e. The number of carbonyl (C=O) groups is 2. The maximum absolute atomic E-state index is 11.9. The van der Waals surface area contributed by atoms with Crippen molar-refractivity contribution in [3.05, 3.63) is 23.8 Å². The zero-order valence-corrected chi connectivity index (χ0v) is 12.7. The van der Waals surface area contributed by atoms with Crippen LogP contribution in [-0.4, -0.2) is 55.2 Å². The molecule has 7 nitrogen and oxygen atoms in total. The number of methoxy groups -OCH3 is 2. The molecular weight excluding hydrogens is 288 g/mol. The molecule has 0 radical (unpaired) electrons. The summed E-state index contributed by atoms with van der Waals surface area (Å²) in [5.41, 5.74) is 0.883. The van der Waals surface area contributed by atoms with Crippen molar-refractivity contribution >= 4 is 11.9 Å². The van der Waals surface area contributed by atoms with Crippen LogP contribution < -0.4 is 14.8 Å². The number of benzene rings is 1. The van der Waals surface area contributed by atoms with Crippen LogP contribution in [0.3, 0.4) is 0 Å². The van der Waals surface area contributed by atoms with Crippen LogP contribution >= 0.6 is 0 Å². The van der Waals surface area contributed by atoms with Crippen molar-refractivity contribution in [3.63, 3.8) is 0 Å². The third-order valence-electron chi connectivity index (χ3n) is 3.68. The van der Waals surface area contributed by atoms with Gasteiger partial charge < -0.3 is 19.9 Å². The Kier molecular flexibility index (Phi) is 5.21. The molecule has 1 saturated heterocycles. The fourth-order valence-electron chi connectivity index (χ4n) is 2.54. The zero-order valence-electron chi connectivity index (χ0n) is 12.7. The number of carboxylic acids is 1. The van der Waals surface area contributed by atoms with Crippen LogP contribution in [-0.2, 0) is 16.1 Å². The Morgan fingerprint density at radius 1 is 1.41 bits per heavy atom. The summed E-state index contributed by atoms with van der Waals surface area (Å²) in [6.07, 6.45) is -0.218. The zero-order chi connectivity index (χ0) is 16.1. The van der Waals surface area contributed by atoms with Crippen LogP contribution in [0.1, 0.15) is 12.0 Å². The third-order valence-corrected chi connectivity index (χ3v) is 3.68. The van der Waals surface area contributed by atoms with Gasteiger partial charge in [0.25, 0.3) is 0 Å². The highest BCUT2D eigenvalue weighted by atomic mass is 16.5. The van der Waals surface area contributed by atoms with Gasteiger partial charge in [-0.05, 0) is 6.07 Å². The highest BCUT2D eigenvalue weighted by Gasteiger charge is 2.31. The van der Waals surface area contributed by atoms with E-state index in [4.69, 9.17) is 14.6 Å². The predicted octanol–water partition coefficient (Wildman–Crippen LogP) is 0.479. The van der Waals surface area contributed by atoms with Crippen LogP contribution in [0, 0.1) is 0 Å². The molecule has 1 aliphatic heterocycles. The van der Waals surface area contributed by atoms with Crippen LogP contribution in [0.2, 0.25) is 0 Å². The smallest absolute Gasteiger partial charge is 0.305 e. The first-order chi connectivity index (χ1) is 10.5. The fourth-order valence-corrected chi connectivity index (χ4v) is 2.54. The van der Waals surface area contributed by atoms with Gasteiger partial charge in [0.1, 0.15) is 17.5 Å². The van der Waals surface area contributed by atoms with E-state index in [-0.39, 0.29) is 12.3 Å². The summed E-state index contributed by atoms with van der Waals surface area (Å²) in [4.78, 5) is 24.7. The Hall–Kier alpha value is -2.28. The number of hydrogen-bond donors (Lipinski definition) is 2. The topological polar surface area (TPSA) is 88.1 Å². The van der Waals surface area contributed by atoms with Gasteiger partial charge in [-0.15, -0.1) is 0 Å². The lowest BCUT2D eigenvalue weighted by Crippen LogP contribution is -2.55. The molecule has 1 atom stereocenters. The number of rotatable bonds is 6. The first-order valence-electron chi connectivity index (χ1n) is 6.99. The SMILES string of the molecule is COc1ccc(CN2CCNC(=O)[C@@H]2CC(=O)O)c(OC)c1. The number of nitrogens with one attached hydrogen (secondary N) is 1. The Bertz CT molecular complexity index is 561. The van der Waals surface area contributed by atoms with Gasteiger partial charge in [-0.3, -0.25) is 14.5 Å². The van der Waals surface area contributed by atoms with Gasteiger partial charge in [0, 0.05) is 31.3 Å². The van der Waals surface area contributed by atoms with Crippen LogP contribution in [0.4, 0.5) is 0 Å². The fraction of sp³-hybridized carbons (Fsp3) is 0.467. The average Bonchev–Trinajstić information content (AvgIpc) is 2.50. The predicted molar refractivity (Wildman–Crippen MR) is 79.0 cm³/mol. The van der Waals surface area contributed by atoms with Gasteiger partial charge in [0.15, 0.2) is 0 Å². The van der Waals surface area contributed by atoms with E-state index in [2.05, 4.69) is 5.32 Å². The molecule has 0 unspecified atom stereocenters. The van der Waals surface area contributed by atoms with Gasteiger partial charge in [-0.1, -0.05) is 6.07 Å². The van der Waals surface area contributed by atoms with E-state index >= 15 is 0 Å². The molecule has 0 saturated carbocycles. The monoisotopic (exact) mass is 308 g/mol. The molecule has 0 aromatic heterocycles. The normalized spacial score (nSPS) is 18.6. The van der Waals surface area contributed by atoms with Crippen LogP contribution in [0.5, 0.6) is 11.5 Å². The second-order valence-electron chi connectivity index (χ2n) is 5.05. The molecule has 22 heavy (non-hydrogen) atoms. The third kappa shape index (κ3) is 3.67. The molecule has 1 fully saturated rings. The highest BCUT2D eigenvalue weighted by Crippen LogP contribution is 2.27. The number of carbonyl (C=O) groups excluding carboxylic acids is 1. The Morgan fingerprint density at radius 3 is 2.82 bits per heavy atom. The van der Waals surface area contributed by atoms with E-state index in [1.807, 2.05) is 17.0 Å². The molecule has 0 spiro atoms. The largest absolute Gasteiger partial charge is 0.497 e. The van der Waals surface area contributed by atoms with Crippen molar-refractivity contribution in [2.45, 2.75) is 19.0 Å². The highest BCUT2D eigenvalue weighted by molar-refractivity contribution is 5.86. The van der Waals surface area contributed by atoms with E-state index in [1.165, 1.54) is 0 Å². The molecule has 120 valence electrons. The van der Waals surface area contributed by atoms with Gasteiger partial charge >= 0.3 is 5.97 Å². The number of nitrogens with zero attached hydrogens (tertiary/aromatic N) is 1. The molecule has 1 aromatic carbocycles. The molecule has 1 heterocycles. The summed E-state index contributed by atoms with van der Waals surface area (Å²) in [5.74, 6) is 0.0911. The number of amides is 1. The summed E-state index contributed by atoms with van der Waals surface area (Å²) in [6, 6.07) is 4.78. The summed E-state index contributed by atoms with van der Waals surface area (Å²) in [6.45, 7) is 1.55. The lowest BCUT2D eigenvalue weighted by atomic mass is 10.1. The van der Waals surface area contributed by atoms with Crippen molar-refractivity contribution in [2.24, 2.45) is 0 Å². The number of hydrogen-bond acceptors (Lipinski definition) is 5. The molecule has 0 aliphatic carbocycles. The average molecular weight is 308 g/mol. The summed E-state index contributed by atoms with van der Waals surface area (Å²) >= 11 is 0. The summed E-state index contributed by atoms with van der Waals surface area (Å²) in [5, 5.41) is 11.7. The molecular formula is C15H20N2O5. The van der Waals surface area contributed by atoms with Gasteiger partial charge in [0.05, 0.1) is 20.6 Å². The van der Waals surface area contributed by atoms with Crippen LogP contribution in [0.25, 0.3) is 0 Å². The van der Waals surface area contributed by atoms with Gasteiger partial charge in [-0.2, -0.15) is 0 Å². The summed E-state index contributed by atoms with van der Waals surface area (Å²) < 4.78 is 10.5. The second-order valence-corrected chi connectivity index (χ2v) is 5.05. The summed E-state index contributed by atoms with van der Waals surface area (Å²) in [7, 11) is 3.14. The minimum absolute atomic E-state index is 0.218. The maximum atomic E-state index is 11.9. The van der Waals surface area contributed by atoms with Crippen molar-refractivity contribution in [3.8, 4) is 11.5 Å². The molecule has 0 bridgehead atoms. The van der Waals surface area contributed by atoms with E-state index in [0.29, 0.717) is 31.1 Å². The Morgan fingerprint density at radius 2 is 2.18 bits per heavy atom. The molecule has 2 N–H and O–H groups in total. The number of piperazine rings is 1. The van der Waals surface area contributed by atoms with Crippen LogP contribution in [0.15, 0.2) is 18.2 Å². The minimum atomic E-state index is -0.992. The first-order valence-corrected chi connectivity index (χ1v) is 6.99. The number of carboxylic acid groups (broad SMARTS) is 1. The van der Waals surface area contributed by atoms with Gasteiger partial charge in [0.2, 0.25) is 5.91 Å².